The van der Waals surface area contributed by atoms with E-state index in [1.165, 1.54) is 10.4 Å². The van der Waals surface area contributed by atoms with Gasteiger partial charge in [0.05, 0.1) is 10.8 Å². The molecular weight excluding hydrogens is 450 g/mol. The third-order valence-electron chi connectivity index (χ3n) is 5.97. The van der Waals surface area contributed by atoms with Crippen molar-refractivity contribution in [1.82, 2.24) is 9.62 Å². The summed E-state index contributed by atoms with van der Waals surface area (Å²) in [6.45, 7) is 0.912. The van der Waals surface area contributed by atoms with E-state index in [0.29, 0.717) is 55.9 Å². The topological polar surface area (TPSA) is 95.6 Å². The lowest BCUT2D eigenvalue weighted by Gasteiger charge is -2.31. The lowest BCUT2D eigenvalue weighted by Crippen LogP contribution is -2.45. The van der Waals surface area contributed by atoms with Crippen LogP contribution in [-0.2, 0) is 32.6 Å². The van der Waals surface area contributed by atoms with Gasteiger partial charge in [-0.15, -0.1) is 0 Å². The number of anilines is 1. The fourth-order valence-electron chi connectivity index (χ4n) is 4.17. The molecule has 2 aliphatic rings. The Balaban J connectivity index is 1.44. The normalized spacial score (nSPS) is 19.5. The number of aryl methyl sites for hydroxylation is 1. The molecule has 1 saturated heterocycles. The molecule has 2 aromatic carbocycles. The summed E-state index contributed by atoms with van der Waals surface area (Å²) < 4.78 is 28.0. The standard InChI is InChI=1S/C23H26ClN3O4S/c24-19-8-6-16(7-9-19)14-25-23(29)18-4-2-12-27(15-18)32(30,31)20-10-11-21-17(13-20)3-1-5-22(28)26-21/h6-11,13,18H,1-5,12,14-15H2,(H,25,29)(H,26,28)/t18-/m1/s1. The predicted molar refractivity (Wildman–Crippen MR) is 123 cm³/mol. The van der Waals surface area contributed by atoms with Crippen LogP contribution in [0.3, 0.4) is 0 Å². The largest absolute Gasteiger partial charge is 0.352 e. The molecule has 0 bridgehead atoms. The number of fused-ring (bicyclic) bond motifs is 1. The van der Waals surface area contributed by atoms with Crippen molar-refractivity contribution in [3.05, 3.63) is 58.6 Å². The molecule has 0 unspecified atom stereocenters. The molecular formula is C23H26ClN3O4S. The number of rotatable bonds is 5. The Kier molecular flexibility index (Phi) is 6.83. The number of hydrogen-bond acceptors (Lipinski definition) is 4. The minimum absolute atomic E-state index is 0.0529. The molecule has 1 fully saturated rings. The van der Waals surface area contributed by atoms with E-state index in [9.17, 15) is 18.0 Å². The highest BCUT2D eigenvalue weighted by molar-refractivity contribution is 7.89. The number of nitrogens with zero attached hydrogens (tertiary/aromatic N) is 1. The number of hydrogen-bond donors (Lipinski definition) is 2. The Morgan fingerprint density at radius 1 is 1.12 bits per heavy atom. The molecule has 9 heteroatoms. The molecule has 1 atom stereocenters. The monoisotopic (exact) mass is 475 g/mol. The number of amides is 2. The van der Waals surface area contributed by atoms with E-state index in [2.05, 4.69) is 10.6 Å². The van der Waals surface area contributed by atoms with Gasteiger partial charge in [0, 0.05) is 36.8 Å². The molecule has 2 N–H and O–H groups in total. The van der Waals surface area contributed by atoms with Gasteiger partial charge < -0.3 is 10.6 Å². The first kappa shape index (κ1) is 22.8. The van der Waals surface area contributed by atoms with Gasteiger partial charge in [-0.1, -0.05) is 23.7 Å². The summed E-state index contributed by atoms with van der Waals surface area (Å²) >= 11 is 5.89. The Bertz CT molecular complexity index is 1120. The van der Waals surface area contributed by atoms with Crippen molar-refractivity contribution in [2.45, 2.75) is 43.5 Å². The first-order valence-electron chi connectivity index (χ1n) is 10.8. The average molecular weight is 476 g/mol. The molecule has 2 aliphatic heterocycles. The molecule has 0 aromatic heterocycles. The zero-order valence-corrected chi connectivity index (χ0v) is 19.2. The van der Waals surface area contributed by atoms with Crippen LogP contribution in [0.15, 0.2) is 47.4 Å². The number of carbonyl (C=O) groups excluding carboxylic acids is 2. The van der Waals surface area contributed by atoms with Crippen LogP contribution in [0.4, 0.5) is 5.69 Å². The number of benzene rings is 2. The molecule has 4 rings (SSSR count). The van der Waals surface area contributed by atoms with Gasteiger partial charge in [-0.3, -0.25) is 9.59 Å². The second-order valence-electron chi connectivity index (χ2n) is 8.27. The van der Waals surface area contributed by atoms with Crippen molar-refractivity contribution >= 4 is 39.1 Å². The average Bonchev–Trinajstić information content (AvgIpc) is 2.98. The Morgan fingerprint density at radius 2 is 1.91 bits per heavy atom. The number of piperidine rings is 1. The van der Waals surface area contributed by atoms with E-state index >= 15 is 0 Å². The van der Waals surface area contributed by atoms with E-state index in [4.69, 9.17) is 11.6 Å². The van der Waals surface area contributed by atoms with Gasteiger partial charge in [0.2, 0.25) is 21.8 Å². The Morgan fingerprint density at radius 3 is 2.69 bits per heavy atom. The highest BCUT2D eigenvalue weighted by Gasteiger charge is 2.33. The molecule has 2 aromatic rings. The van der Waals surface area contributed by atoms with Crippen LogP contribution < -0.4 is 10.6 Å². The Labute approximate surface area is 193 Å². The number of sulfonamides is 1. The van der Waals surface area contributed by atoms with Gasteiger partial charge in [0.1, 0.15) is 0 Å². The van der Waals surface area contributed by atoms with Crippen molar-refractivity contribution < 1.29 is 18.0 Å². The third-order valence-corrected chi connectivity index (χ3v) is 8.09. The van der Waals surface area contributed by atoms with Crippen molar-refractivity contribution in [3.8, 4) is 0 Å². The first-order valence-corrected chi connectivity index (χ1v) is 12.6. The maximum absolute atomic E-state index is 13.3. The maximum Gasteiger partial charge on any atom is 0.243 e. The van der Waals surface area contributed by atoms with Crippen molar-refractivity contribution in [2.75, 3.05) is 18.4 Å². The molecule has 0 saturated carbocycles. The van der Waals surface area contributed by atoms with E-state index in [-0.39, 0.29) is 23.3 Å². The minimum Gasteiger partial charge on any atom is -0.352 e. The molecule has 32 heavy (non-hydrogen) atoms. The van der Waals surface area contributed by atoms with E-state index in [1.54, 1.807) is 24.3 Å². The summed E-state index contributed by atoms with van der Waals surface area (Å²) in [5, 5.41) is 6.37. The van der Waals surface area contributed by atoms with Gasteiger partial charge in [0.25, 0.3) is 0 Å². The molecule has 7 nitrogen and oxygen atoms in total. The van der Waals surface area contributed by atoms with Crippen LogP contribution in [0.25, 0.3) is 0 Å². The summed E-state index contributed by atoms with van der Waals surface area (Å²) in [5.74, 6) is -0.599. The lowest BCUT2D eigenvalue weighted by atomic mass is 9.99. The van der Waals surface area contributed by atoms with Crippen LogP contribution in [0.5, 0.6) is 0 Å². The van der Waals surface area contributed by atoms with Gasteiger partial charge in [-0.2, -0.15) is 4.31 Å². The van der Waals surface area contributed by atoms with E-state index < -0.39 is 15.9 Å². The zero-order chi connectivity index (χ0) is 22.7. The fraction of sp³-hybridized carbons (Fsp3) is 0.391. The lowest BCUT2D eigenvalue weighted by molar-refractivity contribution is -0.126. The zero-order valence-electron chi connectivity index (χ0n) is 17.6. The molecule has 170 valence electrons. The van der Waals surface area contributed by atoms with Crippen LogP contribution in [0, 0.1) is 5.92 Å². The summed E-state index contributed by atoms with van der Waals surface area (Å²) in [7, 11) is -3.73. The minimum atomic E-state index is -3.73. The molecule has 2 amide bonds. The summed E-state index contributed by atoms with van der Waals surface area (Å²) in [4.78, 5) is 24.7. The predicted octanol–water partition coefficient (Wildman–Crippen LogP) is 3.33. The quantitative estimate of drug-likeness (QED) is 0.693. The molecule has 2 heterocycles. The van der Waals surface area contributed by atoms with Gasteiger partial charge >= 0.3 is 0 Å². The SMILES string of the molecule is O=C1CCCc2cc(S(=O)(=O)N3CCC[C@@H](C(=O)NCc4ccc(Cl)cc4)C3)ccc2N1. The van der Waals surface area contributed by atoms with Crippen LogP contribution in [0.2, 0.25) is 5.02 Å². The van der Waals surface area contributed by atoms with Crippen LogP contribution in [0.1, 0.15) is 36.8 Å². The Hall–Kier alpha value is -2.42. The summed E-state index contributed by atoms with van der Waals surface area (Å²) in [6.07, 6.45) is 3.03. The molecule has 0 radical (unpaired) electrons. The van der Waals surface area contributed by atoms with Crippen molar-refractivity contribution in [3.63, 3.8) is 0 Å². The van der Waals surface area contributed by atoms with Crippen molar-refractivity contribution in [1.29, 1.82) is 0 Å². The second kappa shape index (κ2) is 9.60. The van der Waals surface area contributed by atoms with Crippen LogP contribution in [-0.4, -0.2) is 37.6 Å². The smallest absolute Gasteiger partial charge is 0.243 e. The number of carbonyl (C=O) groups is 2. The fourth-order valence-corrected chi connectivity index (χ4v) is 5.87. The third kappa shape index (κ3) is 5.14. The second-order valence-corrected chi connectivity index (χ2v) is 10.6. The van der Waals surface area contributed by atoms with Crippen molar-refractivity contribution in [2.24, 2.45) is 5.92 Å². The highest BCUT2D eigenvalue weighted by atomic mass is 35.5. The summed E-state index contributed by atoms with van der Waals surface area (Å²) in [5.41, 5.74) is 2.43. The number of nitrogens with one attached hydrogen (secondary N) is 2. The maximum atomic E-state index is 13.3. The molecule has 0 aliphatic carbocycles. The van der Waals surface area contributed by atoms with Gasteiger partial charge in [-0.25, -0.2) is 8.42 Å². The first-order chi connectivity index (χ1) is 15.3. The number of halogens is 1. The van der Waals surface area contributed by atoms with E-state index in [0.717, 1.165) is 11.1 Å². The van der Waals surface area contributed by atoms with Gasteiger partial charge in [-0.05, 0) is 67.1 Å². The molecule has 0 spiro atoms. The van der Waals surface area contributed by atoms with Crippen LogP contribution >= 0.6 is 11.6 Å². The van der Waals surface area contributed by atoms with E-state index in [1.807, 2.05) is 12.1 Å². The van der Waals surface area contributed by atoms with Gasteiger partial charge in [0.15, 0.2) is 0 Å². The summed E-state index contributed by atoms with van der Waals surface area (Å²) in [6, 6.07) is 12.1. The highest BCUT2D eigenvalue weighted by Crippen LogP contribution is 2.29.